The number of hydrogen-bond donors (Lipinski definition) is 0. The van der Waals surface area contributed by atoms with Crippen molar-refractivity contribution in [3.63, 3.8) is 0 Å². The fourth-order valence-corrected chi connectivity index (χ4v) is 8.37. The van der Waals surface area contributed by atoms with Crippen molar-refractivity contribution in [2.75, 3.05) is 9.80 Å². The fraction of sp³-hybridized carbons (Fsp3) is 0. The van der Waals surface area contributed by atoms with Crippen molar-refractivity contribution in [2.45, 2.75) is 0 Å². The molecule has 0 aliphatic carbocycles. The van der Waals surface area contributed by atoms with Crippen LogP contribution in [0.15, 0.2) is 223 Å². The highest BCUT2D eigenvalue weighted by molar-refractivity contribution is 6.17. The maximum atomic E-state index is 7.16. The standard InChI is InChI=1S/C54H36N2O/c1-3-13-37(14-4-1)40-23-27-46(28-24-40)56(48-30-26-39-16-8-10-18-42(39)34-48)53-51(32-31-49-50-35-43-19-11-12-20-44(43)36-52(50)57-54(49)53)55(45-21-5-2-6-22-45)47-29-25-38-15-7-9-17-41(38)33-47/h1-36H. The predicted octanol–water partition coefficient (Wildman–Crippen LogP) is 15.7. The average molecular weight is 729 g/mol. The molecule has 0 saturated carbocycles. The van der Waals surface area contributed by atoms with Crippen LogP contribution in [0.1, 0.15) is 0 Å². The van der Waals surface area contributed by atoms with Crippen molar-refractivity contribution in [3.05, 3.63) is 218 Å². The lowest BCUT2D eigenvalue weighted by molar-refractivity contribution is 0.669. The minimum Gasteiger partial charge on any atom is -0.454 e. The van der Waals surface area contributed by atoms with Gasteiger partial charge in [-0.3, -0.25) is 0 Å². The molecule has 0 N–H and O–H groups in total. The molecule has 3 nitrogen and oxygen atoms in total. The van der Waals surface area contributed by atoms with E-state index in [0.29, 0.717) is 0 Å². The zero-order valence-electron chi connectivity index (χ0n) is 31.1. The minimum absolute atomic E-state index is 0.819. The zero-order chi connectivity index (χ0) is 37.7. The van der Waals surface area contributed by atoms with Crippen molar-refractivity contribution in [1.29, 1.82) is 0 Å². The van der Waals surface area contributed by atoms with Crippen molar-refractivity contribution < 1.29 is 4.42 Å². The molecule has 1 aromatic heterocycles. The van der Waals surface area contributed by atoms with Gasteiger partial charge >= 0.3 is 0 Å². The van der Waals surface area contributed by atoms with Gasteiger partial charge in [0.05, 0.1) is 5.69 Å². The predicted molar refractivity (Wildman–Crippen MR) is 241 cm³/mol. The Labute approximate surface area is 330 Å². The third kappa shape index (κ3) is 5.76. The highest BCUT2D eigenvalue weighted by atomic mass is 16.3. The minimum atomic E-state index is 0.819. The van der Waals surface area contributed by atoms with E-state index in [1.165, 1.54) is 32.5 Å². The number of benzene rings is 10. The Morgan fingerprint density at radius 3 is 1.40 bits per heavy atom. The van der Waals surface area contributed by atoms with Crippen molar-refractivity contribution in [1.82, 2.24) is 0 Å². The number of nitrogens with zero attached hydrogens (tertiary/aromatic N) is 2. The zero-order valence-corrected chi connectivity index (χ0v) is 31.1. The number of fused-ring (bicyclic) bond motifs is 6. The first-order chi connectivity index (χ1) is 28.2. The molecule has 0 aliphatic heterocycles. The van der Waals surface area contributed by atoms with Gasteiger partial charge in [-0.15, -0.1) is 0 Å². The largest absolute Gasteiger partial charge is 0.454 e. The van der Waals surface area contributed by atoms with Crippen LogP contribution in [-0.2, 0) is 0 Å². The monoisotopic (exact) mass is 728 g/mol. The van der Waals surface area contributed by atoms with Crippen LogP contribution in [0.25, 0.3) is 65.4 Å². The normalized spacial score (nSPS) is 11.5. The molecule has 268 valence electrons. The summed E-state index contributed by atoms with van der Waals surface area (Å²) in [4.78, 5) is 4.76. The topological polar surface area (TPSA) is 19.6 Å². The first-order valence-electron chi connectivity index (χ1n) is 19.4. The lowest BCUT2D eigenvalue weighted by atomic mass is 10.0. The summed E-state index contributed by atoms with van der Waals surface area (Å²) < 4.78 is 7.16. The van der Waals surface area contributed by atoms with E-state index in [1.54, 1.807) is 0 Å². The lowest BCUT2D eigenvalue weighted by Crippen LogP contribution is -2.17. The SMILES string of the molecule is c1ccc(-c2ccc(N(c3ccc4ccccc4c3)c3c(N(c4ccccc4)c4ccc5ccccc5c4)ccc4c3oc3cc5ccccc5cc34)cc2)cc1. The smallest absolute Gasteiger partial charge is 0.161 e. The van der Waals surface area contributed by atoms with Gasteiger partial charge in [0.2, 0.25) is 0 Å². The van der Waals surface area contributed by atoms with Gasteiger partial charge in [-0.2, -0.15) is 0 Å². The van der Waals surface area contributed by atoms with Crippen molar-refractivity contribution >= 4 is 88.4 Å². The number of rotatable bonds is 7. The van der Waals surface area contributed by atoms with E-state index in [1.807, 2.05) is 0 Å². The fourth-order valence-electron chi connectivity index (χ4n) is 8.37. The van der Waals surface area contributed by atoms with Gasteiger partial charge < -0.3 is 14.2 Å². The van der Waals surface area contributed by atoms with Crippen LogP contribution in [0.2, 0.25) is 0 Å². The molecule has 1 heterocycles. The van der Waals surface area contributed by atoms with Crippen LogP contribution in [0.3, 0.4) is 0 Å². The molecular weight excluding hydrogens is 693 g/mol. The van der Waals surface area contributed by atoms with E-state index in [0.717, 1.165) is 67.0 Å². The van der Waals surface area contributed by atoms with Crippen molar-refractivity contribution in [2.24, 2.45) is 0 Å². The molecule has 10 aromatic carbocycles. The molecule has 3 heteroatoms. The van der Waals surface area contributed by atoms with Crippen molar-refractivity contribution in [3.8, 4) is 11.1 Å². The average Bonchev–Trinajstić information content (AvgIpc) is 3.64. The maximum Gasteiger partial charge on any atom is 0.161 e. The van der Waals surface area contributed by atoms with Crippen LogP contribution in [-0.4, -0.2) is 0 Å². The summed E-state index contributed by atoms with van der Waals surface area (Å²) >= 11 is 0. The number of furan rings is 1. The van der Waals surface area contributed by atoms with Gasteiger partial charge in [-0.25, -0.2) is 0 Å². The molecule has 0 atom stereocenters. The van der Waals surface area contributed by atoms with E-state index < -0.39 is 0 Å². The van der Waals surface area contributed by atoms with Gasteiger partial charge in [0.1, 0.15) is 11.3 Å². The Balaban J connectivity index is 1.25. The van der Waals surface area contributed by atoms with E-state index >= 15 is 0 Å². The second kappa shape index (κ2) is 13.6. The van der Waals surface area contributed by atoms with Crippen LogP contribution >= 0.6 is 0 Å². The quantitative estimate of drug-likeness (QED) is 0.163. The van der Waals surface area contributed by atoms with E-state index in [9.17, 15) is 0 Å². The number of hydrogen-bond acceptors (Lipinski definition) is 3. The summed E-state index contributed by atoms with van der Waals surface area (Å²) in [6.45, 7) is 0. The van der Waals surface area contributed by atoms with Gasteiger partial charge in [-0.1, -0.05) is 146 Å². The van der Waals surface area contributed by atoms with E-state index in [-0.39, 0.29) is 0 Å². The lowest BCUT2D eigenvalue weighted by Gasteiger charge is -2.33. The van der Waals surface area contributed by atoms with E-state index in [2.05, 4.69) is 228 Å². The molecule has 0 spiro atoms. The third-order valence-corrected chi connectivity index (χ3v) is 11.2. The molecule has 11 aromatic rings. The molecule has 0 amide bonds. The third-order valence-electron chi connectivity index (χ3n) is 11.2. The van der Waals surface area contributed by atoms with Crippen LogP contribution in [0.5, 0.6) is 0 Å². The van der Waals surface area contributed by atoms with Gasteiger partial charge in [0, 0.05) is 33.5 Å². The Morgan fingerprint density at radius 2 is 0.772 bits per heavy atom. The second-order valence-electron chi connectivity index (χ2n) is 14.6. The van der Waals surface area contributed by atoms with Crippen LogP contribution in [0.4, 0.5) is 34.1 Å². The molecule has 57 heavy (non-hydrogen) atoms. The molecule has 0 aliphatic rings. The summed E-state index contributed by atoms with van der Waals surface area (Å²) in [6, 6.07) is 78.2. The van der Waals surface area contributed by atoms with E-state index in [4.69, 9.17) is 4.42 Å². The Hall–Kier alpha value is -7.62. The Morgan fingerprint density at radius 1 is 0.298 bits per heavy atom. The number of para-hydroxylation sites is 1. The van der Waals surface area contributed by atoms with Gasteiger partial charge in [-0.05, 0) is 116 Å². The first-order valence-corrected chi connectivity index (χ1v) is 19.4. The summed E-state index contributed by atoms with van der Waals surface area (Å²) in [5, 5.41) is 9.22. The highest BCUT2D eigenvalue weighted by Gasteiger charge is 2.28. The summed E-state index contributed by atoms with van der Waals surface area (Å²) in [7, 11) is 0. The summed E-state index contributed by atoms with van der Waals surface area (Å²) in [6.07, 6.45) is 0. The molecule has 0 bridgehead atoms. The molecule has 0 fully saturated rings. The summed E-state index contributed by atoms with van der Waals surface area (Å²) in [5.41, 5.74) is 10.1. The molecule has 0 saturated heterocycles. The maximum absolute atomic E-state index is 7.16. The van der Waals surface area contributed by atoms with Crippen LogP contribution in [0, 0.1) is 0 Å². The summed E-state index contributed by atoms with van der Waals surface area (Å²) in [5.74, 6) is 0. The van der Waals surface area contributed by atoms with Gasteiger partial charge in [0.25, 0.3) is 0 Å². The molecule has 0 unspecified atom stereocenters. The molecular formula is C54H36N2O. The Bertz CT molecular complexity index is 3240. The first kappa shape index (κ1) is 32.8. The Kier molecular flexibility index (Phi) is 7.82. The van der Waals surface area contributed by atoms with Gasteiger partial charge in [0.15, 0.2) is 5.58 Å². The number of anilines is 6. The molecule has 11 rings (SSSR count). The molecule has 0 radical (unpaired) electrons. The van der Waals surface area contributed by atoms with Crippen LogP contribution < -0.4 is 9.80 Å². The second-order valence-corrected chi connectivity index (χ2v) is 14.6. The highest BCUT2D eigenvalue weighted by Crippen LogP contribution is 2.51.